The van der Waals surface area contributed by atoms with Gasteiger partial charge in [0.15, 0.2) is 31.1 Å². The fourth-order valence-corrected chi connectivity index (χ4v) is 22.9. The fourth-order valence-electron chi connectivity index (χ4n) is 16.4. The molecule has 7 saturated heterocycles. The minimum absolute atomic E-state index is 0.204. The summed E-state index contributed by atoms with van der Waals surface area (Å²) in [5, 5.41) is 94.1. The summed E-state index contributed by atoms with van der Waals surface area (Å²) < 4.78 is 42.1. The van der Waals surface area contributed by atoms with Gasteiger partial charge in [-0.1, -0.05) is 61.5 Å². The van der Waals surface area contributed by atoms with Gasteiger partial charge in [0.2, 0.25) is 0 Å². The Morgan fingerprint density at radius 3 is 1.21 bits per heavy atom. The van der Waals surface area contributed by atoms with Crippen LogP contribution in [0.2, 0.25) is 0 Å². The molecule has 0 aromatic carbocycles. The Labute approximate surface area is 784 Å². The number of nitrogens with two attached hydrogens (primary N) is 6. The maximum absolute atomic E-state index is 10.7. The third kappa shape index (κ3) is 27.5. The number of alkyl halides is 1. The van der Waals surface area contributed by atoms with E-state index in [2.05, 4.69) is 203 Å². The van der Waals surface area contributed by atoms with Gasteiger partial charge in [-0.15, -0.1) is 79.1 Å². The van der Waals surface area contributed by atoms with Crippen molar-refractivity contribution in [3.63, 3.8) is 0 Å². The summed E-state index contributed by atoms with van der Waals surface area (Å²) in [6, 6.07) is -0.359. The highest BCUT2D eigenvalue weighted by atomic mass is 79.9. The maximum atomic E-state index is 10.7. The second kappa shape index (κ2) is 42.5. The van der Waals surface area contributed by atoms with Gasteiger partial charge in [-0.25, -0.2) is 30.0 Å². The van der Waals surface area contributed by atoms with Crippen molar-refractivity contribution in [3.8, 4) is 0 Å². The standard InChI is InChI=1S/C16H26N3O3P.C15H24N3O3P.2C15H26N3O3P.C15H24N3O2P.C14H23BrN3O2P/c1-10-8-19(11(2)18-14(10)17)15-12-13(20)16(22-15,9-21-12)6-7-23(3,4)5;1-10-17-11(16)5-7-18(10)14-12-13(19)15(21-14,9-20-12)6-8-22(2,3)4;1-10-17-12(16)6-8-18(10)14-15(2,20)13(19)11(21-14)7-9-22(3,4)5;1-10-17-11(16)6-8-18(10)14-12(19)13(20)15(2,21-14)7-9-22(3,4)5;1-10-17-13(16)5-7-18(10)12-9-11(14(19)15(12)20)6-8-21(2,3)4;1-9-17-11(16)5-7-18(9)14-12(15)13(19)10(20-14)6-8-21(2,3)4/h8,12-13,15,20H,2-3,6-7,9H2,1,4-5H3,(H2,17,18);5,7,12-14,19H,1-2,6,8-9H2,3-4H3,(H2,16,17);6,8,11,13-14,19-20H,1,3,7,9H2,2,4-5H3,(H2,16,17);6,8,12-14,19-20H,1,3,7,9H2,2,4-5H3,(H2,16,17);5,7,9,12,14-15,19-20H,1-2,6,8H2,3-4H3,(H2,16,17);5,7,10,12-14,19H,1-2,6,8H2,3-4H3,(H2,16,17)/t12-,13+,15?,16+;12-,13+,14?,15+;11-,13-,14?,15-;12-,13+,14?,15-;12?,14-,15+;10-,12-,13-,14?/m111111/s1. The largest absolute Gasteiger partial charge is 0.389 e. The van der Waals surface area contributed by atoms with Gasteiger partial charge in [-0.05, 0) is 212 Å². The van der Waals surface area contributed by atoms with Gasteiger partial charge in [0, 0.05) is 42.8 Å². The van der Waals surface area contributed by atoms with Crippen LogP contribution in [0.5, 0.6) is 0 Å². The van der Waals surface area contributed by atoms with Crippen LogP contribution < -0.4 is 34.4 Å². The number of nitrogens with zero attached hydrogens (tertiary/aromatic N) is 12. The number of hydrogen-bond acceptors (Lipinski definition) is 34. The van der Waals surface area contributed by atoms with Crippen molar-refractivity contribution in [1.29, 1.82) is 0 Å². The van der Waals surface area contributed by atoms with Gasteiger partial charge in [0.05, 0.1) is 48.0 Å². The Bertz CT molecular complexity index is 5000. The minimum atomic E-state index is -1.43. The normalized spacial score (nSPS) is 35.0. The summed E-state index contributed by atoms with van der Waals surface area (Å²) in [6.07, 6.45) is 45.1. The number of aliphatic hydroxyl groups excluding tert-OH is 8. The van der Waals surface area contributed by atoms with Gasteiger partial charge in [-0.3, -0.25) is 0 Å². The van der Waals surface area contributed by atoms with Crippen LogP contribution in [0, 0.1) is 0 Å². The highest BCUT2D eigenvalue weighted by molar-refractivity contribution is 9.09. The van der Waals surface area contributed by atoms with Crippen LogP contribution in [-0.2, 0) is 33.2 Å². The van der Waals surface area contributed by atoms with E-state index >= 15 is 0 Å². The molecule has 7 fully saturated rings. The number of amidine groups is 6. The Morgan fingerprint density at radius 1 is 0.427 bits per heavy atom. The molecular formula is C90H149BrN18O16P6. The first-order valence-corrected chi connectivity index (χ1v) is 62.6. The smallest absolute Gasteiger partial charge is 0.166 e. The van der Waals surface area contributed by atoms with Crippen LogP contribution in [-0.4, -0.2) is 416 Å². The highest BCUT2D eigenvalue weighted by Gasteiger charge is 2.64. The zero-order valence-electron chi connectivity index (χ0n) is 79.1. The zero-order valence-corrected chi connectivity index (χ0v) is 86.0. The van der Waals surface area contributed by atoms with Crippen molar-refractivity contribution in [1.82, 2.24) is 29.4 Å². The average molecular weight is 2010 g/mol. The van der Waals surface area contributed by atoms with E-state index in [9.17, 15) is 46.0 Å². The van der Waals surface area contributed by atoms with Crippen molar-refractivity contribution < 1.29 is 79.1 Å². The maximum Gasteiger partial charge on any atom is 0.166 e. The molecule has 131 heavy (non-hydrogen) atoms. The van der Waals surface area contributed by atoms with Gasteiger partial charge < -0.3 is 143 Å². The molecule has 21 N–H and O–H groups in total. The Kier molecular flexibility index (Phi) is 35.2. The van der Waals surface area contributed by atoms with Crippen LogP contribution in [0.4, 0.5) is 0 Å². The minimum Gasteiger partial charge on any atom is -0.389 e. The topological polar surface area (TPSA) is 496 Å². The summed E-state index contributed by atoms with van der Waals surface area (Å²) in [6.45, 7) is 48.2. The quantitative estimate of drug-likeness (QED) is 0.0339. The molecule has 13 heterocycles. The first kappa shape index (κ1) is 109. The zero-order chi connectivity index (χ0) is 98.1. The molecular weight excluding hydrogens is 1850 g/mol. The van der Waals surface area contributed by atoms with Crippen molar-refractivity contribution in [2.24, 2.45) is 64.4 Å². The lowest BCUT2D eigenvalue weighted by atomic mass is 9.94. The molecule has 0 aromatic rings. The molecule has 1 aliphatic carbocycles. The summed E-state index contributed by atoms with van der Waals surface area (Å²) in [5.74, 6) is 5.09. The third-order valence-electron chi connectivity index (χ3n) is 24.4. The Morgan fingerprint density at radius 2 is 0.794 bits per heavy atom. The molecule has 13 aliphatic heterocycles. The number of ether oxygens (including phenoxy) is 7. The predicted octanol–water partition coefficient (Wildman–Crippen LogP) is 5.11. The molecule has 0 saturated carbocycles. The second-order valence-electron chi connectivity index (χ2n) is 40.3. The van der Waals surface area contributed by atoms with Crippen LogP contribution in [0.1, 0.15) is 59.3 Å². The number of halogens is 1. The highest BCUT2D eigenvalue weighted by Crippen LogP contribution is 2.52. The number of rotatable bonds is 24. The van der Waals surface area contributed by atoms with E-state index in [0.717, 1.165) is 73.8 Å². The van der Waals surface area contributed by atoms with Crippen LogP contribution >= 0.6 is 57.2 Å². The molecule has 34 nitrogen and oxygen atoms in total. The molecule has 23 atom stereocenters. The molecule has 0 spiro atoms. The lowest BCUT2D eigenvalue weighted by molar-refractivity contribution is -0.181. The molecule has 732 valence electrons. The molecule has 0 amide bonds. The lowest BCUT2D eigenvalue weighted by Crippen LogP contribution is -2.51. The fraction of sp³-hybridized carbons (Fsp3) is 0.578. The van der Waals surface area contributed by atoms with E-state index in [0.29, 0.717) is 96.0 Å². The Balaban J connectivity index is 0.000000177. The van der Waals surface area contributed by atoms with Crippen LogP contribution in [0.15, 0.2) is 189 Å². The van der Waals surface area contributed by atoms with E-state index in [1.165, 1.54) is 0 Å². The van der Waals surface area contributed by atoms with Gasteiger partial charge >= 0.3 is 0 Å². The molecule has 4 bridgehead atoms. The lowest BCUT2D eigenvalue weighted by Gasteiger charge is -2.37. The third-order valence-corrected chi connectivity index (χ3v) is 34.1. The van der Waals surface area contributed by atoms with Crippen molar-refractivity contribution >= 4 is 130 Å². The predicted molar refractivity (Wildman–Crippen MR) is 556 cm³/mol. The van der Waals surface area contributed by atoms with Crippen molar-refractivity contribution in [2.45, 2.75) is 197 Å². The summed E-state index contributed by atoms with van der Waals surface area (Å²) in [4.78, 5) is 34.9. The van der Waals surface area contributed by atoms with Crippen molar-refractivity contribution in [3.05, 3.63) is 159 Å². The van der Waals surface area contributed by atoms with Crippen LogP contribution in [0.3, 0.4) is 0 Å². The SMILES string of the molecule is C=C1N=C(N)C(C)=CN1C1O[C@@]2(CCP(=C)(C)C)CO[C@@H]1[C@@H]2O.C=C1N=C(N)C=CN1C1C=C(CCP(=C)(C)C)[C@@H](O)[C@H]1O.C=C1N=C(N)C=CN1C1O[C@@]2(CCP(=C)(C)C)CO[C@@H]1[C@@H]2O.C=C1N=C(N)C=CN1C1O[C@H](CCP(=C)(C)C)[C@@H](O)[C@@]1(C)O.C=C1N=C(N)C=CN1C1O[C@H](CCP(=C)(C)C)[C@@H](O)[C@H]1Br.C=C1N=C(N)C=CN1C1O[C@](C)(CCP(=C)(C)C)[C@@H](O)[C@H]1O. The number of aliphatic hydroxyl groups is 9. The molecule has 0 radical (unpaired) electrons. The monoisotopic (exact) mass is 2000 g/mol. The number of hydrogen-bond donors (Lipinski definition) is 15. The first-order chi connectivity index (χ1) is 60.3. The molecule has 41 heteroatoms. The van der Waals surface area contributed by atoms with E-state index in [-0.39, 0.29) is 23.2 Å². The second-order valence-corrected chi connectivity index (χ2v) is 67.2. The van der Waals surface area contributed by atoms with E-state index < -0.39 is 156 Å². The van der Waals surface area contributed by atoms with E-state index in [1.807, 2.05) is 31.0 Å². The van der Waals surface area contributed by atoms with Gasteiger partial charge in [0.25, 0.3) is 0 Å². The molecule has 0 aromatic heterocycles. The summed E-state index contributed by atoms with van der Waals surface area (Å²) >= 11 is 3.53. The van der Waals surface area contributed by atoms with E-state index in [4.69, 9.17) is 67.6 Å². The molecule has 14 aliphatic rings. The average Bonchev–Trinajstić information content (AvgIpc) is 1.57. The van der Waals surface area contributed by atoms with E-state index in [1.54, 1.807) is 92.8 Å². The van der Waals surface area contributed by atoms with Gasteiger partial charge in [0.1, 0.15) is 142 Å². The van der Waals surface area contributed by atoms with Gasteiger partial charge in [-0.2, -0.15) is 0 Å². The van der Waals surface area contributed by atoms with Crippen LogP contribution in [0.25, 0.3) is 0 Å². The number of fused-ring (bicyclic) bond motifs is 4. The molecule has 6 unspecified atom stereocenters. The Hall–Kier alpha value is -6.12. The first-order valence-electron chi connectivity index (χ1n) is 43.4. The summed E-state index contributed by atoms with van der Waals surface area (Å²) in [7, 11) is 0. The number of aliphatic imine (C=N–C) groups is 6. The summed E-state index contributed by atoms with van der Waals surface area (Å²) in [5.41, 5.74) is 32.1. The molecule has 14 rings (SSSR count). The van der Waals surface area contributed by atoms with Crippen molar-refractivity contribution in [2.75, 3.05) is 130 Å².